The van der Waals surface area contributed by atoms with Crippen molar-refractivity contribution in [1.29, 1.82) is 0 Å². The summed E-state index contributed by atoms with van der Waals surface area (Å²) in [6, 6.07) is 26.4. The Morgan fingerprint density at radius 1 is 0.673 bits per heavy atom. The van der Waals surface area contributed by atoms with Crippen molar-refractivity contribution in [3.63, 3.8) is 0 Å². The highest BCUT2D eigenvalue weighted by atomic mass is 32.1. The molecule has 280 valence electrons. The van der Waals surface area contributed by atoms with Crippen molar-refractivity contribution in [3.05, 3.63) is 88.8 Å². The minimum absolute atomic E-state index is 0.0527. The summed E-state index contributed by atoms with van der Waals surface area (Å²) in [4.78, 5) is 29.7. The van der Waals surface area contributed by atoms with Crippen LogP contribution in [-0.2, 0) is 31.5 Å². The van der Waals surface area contributed by atoms with E-state index in [9.17, 15) is 9.59 Å². The number of carbonyl (C=O) groups excluding carboxylic acids is 2. The van der Waals surface area contributed by atoms with Crippen molar-refractivity contribution in [3.8, 4) is 31.3 Å². The molecule has 0 aliphatic carbocycles. The molecule has 3 aromatic heterocycles. The van der Waals surface area contributed by atoms with E-state index in [0.29, 0.717) is 12.3 Å². The van der Waals surface area contributed by atoms with Crippen LogP contribution in [0.3, 0.4) is 0 Å². The van der Waals surface area contributed by atoms with Crippen LogP contribution in [0.4, 0.5) is 10.5 Å². The summed E-state index contributed by atoms with van der Waals surface area (Å²) < 4.78 is 20.3. The topological polar surface area (TPSA) is 90.4 Å². The molecule has 1 N–H and O–H groups in total. The summed E-state index contributed by atoms with van der Waals surface area (Å²) in [7, 11) is 0. The highest BCUT2D eigenvalue weighted by Crippen LogP contribution is 2.48. The first-order valence-electron chi connectivity index (χ1n) is 18.6. The number of ether oxygens (including phenoxy) is 2. The molecule has 1 amide bonds. The van der Waals surface area contributed by atoms with Gasteiger partial charge in [0.25, 0.3) is 0 Å². The Kier molecular flexibility index (Phi) is 9.43. The average molecular weight is 786 g/mol. The zero-order valence-corrected chi connectivity index (χ0v) is 34.8. The lowest BCUT2D eigenvalue weighted by molar-refractivity contribution is -0.142. The van der Waals surface area contributed by atoms with E-state index >= 15 is 0 Å². The van der Waals surface area contributed by atoms with Crippen LogP contribution in [0.15, 0.2) is 72.8 Å². The van der Waals surface area contributed by atoms with Gasteiger partial charge >= 0.3 is 12.1 Å². The Labute approximate surface area is 333 Å². The molecule has 0 aliphatic rings. The number of nitrogens with zero attached hydrogens (tertiary/aromatic N) is 2. The molecule has 0 radical (unpaired) electrons. The summed E-state index contributed by atoms with van der Waals surface area (Å²) >= 11 is 4.44. The molecule has 5 aromatic carbocycles. The molecule has 0 fully saturated rings. The zero-order chi connectivity index (χ0) is 38.8. The molecule has 0 aliphatic heterocycles. The maximum Gasteiger partial charge on any atom is 0.411 e. The van der Waals surface area contributed by atoms with Crippen LogP contribution >= 0.6 is 34.4 Å². The van der Waals surface area contributed by atoms with Gasteiger partial charge in [-0.3, -0.25) is 10.1 Å². The molecule has 0 spiro atoms. The SMILES string of the molecule is CCOC(=O)Cc1cc(C(C)(C)C)sc1-c1ccc(-c2sc(-c3cc4ccc5cc(C(C)(C)C)cc6ccc(c3)c4c56)cc2NC(=O)OCC)c2nsnc12. The van der Waals surface area contributed by atoms with Crippen molar-refractivity contribution in [2.45, 2.75) is 72.6 Å². The Morgan fingerprint density at radius 2 is 1.24 bits per heavy atom. The normalized spacial score (nSPS) is 12.4. The monoisotopic (exact) mass is 785 g/mol. The van der Waals surface area contributed by atoms with E-state index < -0.39 is 6.09 Å². The molecule has 0 saturated heterocycles. The molecule has 0 unspecified atom stereocenters. The van der Waals surface area contributed by atoms with E-state index in [4.69, 9.17) is 18.2 Å². The van der Waals surface area contributed by atoms with Gasteiger partial charge in [0.05, 0.1) is 41.9 Å². The van der Waals surface area contributed by atoms with Crippen LogP contribution < -0.4 is 5.32 Å². The van der Waals surface area contributed by atoms with Gasteiger partial charge in [-0.1, -0.05) is 90.1 Å². The lowest BCUT2D eigenvalue weighted by Gasteiger charge is -2.21. The predicted octanol–water partition coefficient (Wildman–Crippen LogP) is 13.0. The quantitative estimate of drug-likeness (QED) is 0.122. The van der Waals surface area contributed by atoms with Gasteiger partial charge < -0.3 is 9.47 Å². The third kappa shape index (κ3) is 6.85. The summed E-state index contributed by atoms with van der Waals surface area (Å²) in [6.45, 7) is 17.5. The van der Waals surface area contributed by atoms with Gasteiger partial charge in [0.2, 0.25) is 0 Å². The molecule has 0 atom stereocenters. The maximum absolute atomic E-state index is 12.9. The number of fused-ring (bicyclic) bond motifs is 1. The molecule has 55 heavy (non-hydrogen) atoms. The second-order valence-electron chi connectivity index (χ2n) is 16.0. The van der Waals surface area contributed by atoms with Crippen molar-refractivity contribution >= 4 is 95.5 Å². The Bertz CT molecular complexity index is 2690. The number of aromatic nitrogens is 2. The van der Waals surface area contributed by atoms with Crippen LogP contribution in [0.2, 0.25) is 0 Å². The van der Waals surface area contributed by atoms with Crippen LogP contribution in [0, 0.1) is 0 Å². The van der Waals surface area contributed by atoms with Crippen LogP contribution in [0.1, 0.15) is 71.4 Å². The minimum atomic E-state index is -0.514. The number of esters is 1. The standard InChI is InChI=1S/C45H43N3O4S3/c1-9-51-36(49)22-29-21-35(45(6,7)8)54-41(29)31-15-16-32(40-39(31)47-55-48-40)42-33(46-43(50)52-10-2)23-34(53-42)28-17-24-11-13-26-19-30(44(3,4)5)20-27-14-12-25(18-28)37(24)38(26)27/h11-21,23H,9-10,22H2,1-8H3,(H,46,50). The average Bonchev–Trinajstić information content (AvgIpc) is 3.89. The molecular weight excluding hydrogens is 743 g/mol. The minimum Gasteiger partial charge on any atom is -0.466 e. The molecule has 0 bridgehead atoms. The van der Waals surface area contributed by atoms with E-state index in [2.05, 4.69) is 114 Å². The fourth-order valence-electron chi connectivity index (χ4n) is 7.27. The largest absolute Gasteiger partial charge is 0.466 e. The van der Waals surface area contributed by atoms with Crippen molar-refractivity contribution in [2.75, 3.05) is 18.5 Å². The van der Waals surface area contributed by atoms with Crippen LogP contribution in [-0.4, -0.2) is 34.0 Å². The van der Waals surface area contributed by atoms with Crippen molar-refractivity contribution < 1.29 is 19.1 Å². The summed E-state index contributed by atoms with van der Waals surface area (Å²) in [5, 5.41) is 10.4. The van der Waals surface area contributed by atoms with E-state index in [1.807, 2.05) is 13.0 Å². The first-order valence-corrected chi connectivity index (χ1v) is 21.0. The second-order valence-corrected chi connectivity index (χ2v) is 18.6. The lowest BCUT2D eigenvalue weighted by atomic mass is 9.83. The van der Waals surface area contributed by atoms with Gasteiger partial charge in [0.1, 0.15) is 11.0 Å². The third-order valence-electron chi connectivity index (χ3n) is 10.0. The van der Waals surface area contributed by atoms with Gasteiger partial charge in [-0.25, -0.2) is 4.79 Å². The smallest absolute Gasteiger partial charge is 0.411 e. The Hall–Kier alpha value is -4.90. The number of hydrogen-bond acceptors (Lipinski definition) is 9. The van der Waals surface area contributed by atoms with E-state index in [1.54, 1.807) is 29.6 Å². The van der Waals surface area contributed by atoms with Gasteiger partial charge in [-0.15, -0.1) is 22.7 Å². The number of hydrogen-bond donors (Lipinski definition) is 1. The molecular formula is C45H43N3O4S3. The van der Waals surface area contributed by atoms with Gasteiger partial charge in [0, 0.05) is 25.8 Å². The Balaban J connectivity index is 1.26. The zero-order valence-electron chi connectivity index (χ0n) is 32.3. The highest BCUT2D eigenvalue weighted by Gasteiger charge is 2.26. The van der Waals surface area contributed by atoms with Gasteiger partial charge in [0.15, 0.2) is 0 Å². The predicted molar refractivity (Wildman–Crippen MR) is 232 cm³/mol. The van der Waals surface area contributed by atoms with Crippen molar-refractivity contribution in [1.82, 2.24) is 8.75 Å². The van der Waals surface area contributed by atoms with Gasteiger partial charge in [-0.05, 0) is 98.0 Å². The first-order chi connectivity index (χ1) is 26.2. The fraction of sp³-hybridized carbons (Fsp3) is 0.289. The third-order valence-corrected chi connectivity index (χ3v) is 13.4. The fourth-order valence-corrected chi connectivity index (χ4v) is 10.2. The van der Waals surface area contributed by atoms with Crippen LogP contribution in [0.25, 0.3) is 74.7 Å². The molecule has 8 rings (SSSR count). The molecule has 10 heteroatoms. The second kappa shape index (κ2) is 14.0. The van der Waals surface area contributed by atoms with E-state index in [1.165, 1.54) is 42.8 Å². The summed E-state index contributed by atoms with van der Waals surface area (Å²) in [5.41, 5.74) is 7.18. The van der Waals surface area contributed by atoms with Crippen molar-refractivity contribution in [2.24, 2.45) is 0 Å². The van der Waals surface area contributed by atoms with E-state index in [-0.39, 0.29) is 29.8 Å². The number of anilines is 1. The molecule has 7 nitrogen and oxygen atoms in total. The summed E-state index contributed by atoms with van der Waals surface area (Å²) in [5.74, 6) is -0.256. The number of thiophene rings is 2. The Morgan fingerprint density at radius 3 is 1.78 bits per heavy atom. The molecule has 3 heterocycles. The number of nitrogens with one attached hydrogen (secondary N) is 1. The number of amides is 1. The lowest BCUT2D eigenvalue weighted by Crippen LogP contribution is -2.13. The first kappa shape index (κ1) is 37.0. The van der Waals surface area contributed by atoms with Gasteiger partial charge in [-0.2, -0.15) is 8.75 Å². The number of carbonyl (C=O) groups is 2. The number of rotatable bonds is 8. The molecule has 8 aromatic rings. The number of benzene rings is 5. The molecule has 0 saturated carbocycles. The van der Waals surface area contributed by atoms with Crippen LogP contribution in [0.5, 0.6) is 0 Å². The summed E-state index contributed by atoms with van der Waals surface area (Å²) in [6.07, 6.45) is -0.337. The highest BCUT2D eigenvalue weighted by molar-refractivity contribution is 7.19. The van der Waals surface area contributed by atoms with E-state index in [0.717, 1.165) is 59.6 Å². The maximum atomic E-state index is 12.9.